The molecule has 0 bridgehead atoms. The monoisotopic (exact) mass is 416 g/mol. The van der Waals surface area contributed by atoms with Crippen LogP contribution in [0.4, 0.5) is 13.2 Å². The Morgan fingerprint density at radius 1 is 1.21 bits per heavy atom. The van der Waals surface area contributed by atoms with E-state index in [1.54, 1.807) is 0 Å². The van der Waals surface area contributed by atoms with Gasteiger partial charge in [-0.25, -0.2) is 0 Å². The lowest BCUT2D eigenvalue weighted by molar-refractivity contribution is -0.137. The molecule has 1 aromatic heterocycles. The number of rotatable bonds is 4. The van der Waals surface area contributed by atoms with Gasteiger partial charge in [0, 0.05) is 45.1 Å². The van der Waals surface area contributed by atoms with E-state index < -0.39 is 28.1 Å². The van der Waals surface area contributed by atoms with E-state index in [1.165, 1.54) is 42.9 Å². The Labute approximate surface area is 161 Å². The lowest BCUT2D eigenvalue weighted by atomic mass is 10.0. The first-order chi connectivity index (χ1) is 13.1. The fraction of sp³-hybridized carbons (Fsp3) is 0.412. The number of ether oxygens (including phenoxy) is 1. The van der Waals surface area contributed by atoms with Crippen LogP contribution in [0.2, 0.25) is 0 Å². The molecular formula is C17H19F3N4O3S. The third-order valence-electron chi connectivity index (χ3n) is 4.31. The van der Waals surface area contributed by atoms with E-state index in [4.69, 9.17) is 4.74 Å². The molecule has 28 heavy (non-hydrogen) atoms. The summed E-state index contributed by atoms with van der Waals surface area (Å²) in [6, 6.07) is 4.76. The van der Waals surface area contributed by atoms with E-state index in [2.05, 4.69) is 9.97 Å². The molecule has 1 fully saturated rings. The standard InChI is InChI=1S/C17H19F3N4O3S/c1-23(2)28(25,26)24-8-9-27-14(11-24)16-15(21-6-7-22-16)12-4-3-5-13(10-12)17(18,19)20/h3-7,10,14H,8-9,11H2,1-2H3/t14-/m1/s1. The van der Waals surface area contributed by atoms with Gasteiger partial charge < -0.3 is 4.74 Å². The highest BCUT2D eigenvalue weighted by Gasteiger charge is 2.34. The van der Waals surface area contributed by atoms with Gasteiger partial charge in [0.1, 0.15) is 6.10 Å². The molecule has 1 aliphatic rings. The van der Waals surface area contributed by atoms with Crippen LogP contribution in [-0.4, -0.2) is 60.8 Å². The summed E-state index contributed by atoms with van der Waals surface area (Å²) >= 11 is 0. The van der Waals surface area contributed by atoms with Gasteiger partial charge >= 0.3 is 6.18 Å². The lowest BCUT2D eigenvalue weighted by Gasteiger charge is -2.33. The van der Waals surface area contributed by atoms with Crippen LogP contribution in [0, 0.1) is 0 Å². The Morgan fingerprint density at radius 2 is 1.93 bits per heavy atom. The molecule has 152 valence electrons. The van der Waals surface area contributed by atoms with Gasteiger partial charge in [0.05, 0.1) is 23.6 Å². The van der Waals surface area contributed by atoms with Crippen molar-refractivity contribution >= 4 is 10.2 Å². The second kappa shape index (κ2) is 7.74. The van der Waals surface area contributed by atoms with Crippen LogP contribution >= 0.6 is 0 Å². The number of hydrogen-bond acceptors (Lipinski definition) is 5. The van der Waals surface area contributed by atoms with Crippen LogP contribution in [0.5, 0.6) is 0 Å². The normalized spacial score (nSPS) is 19.1. The summed E-state index contributed by atoms with van der Waals surface area (Å²) in [6.45, 7) is 0.303. The first-order valence-electron chi connectivity index (χ1n) is 8.38. The summed E-state index contributed by atoms with van der Waals surface area (Å²) in [4.78, 5) is 8.41. The number of hydrogen-bond donors (Lipinski definition) is 0. The third kappa shape index (κ3) is 4.17. The zero-order chi connectivity index (χ0) is 20.5. The Morgan fingerprint density at radius 3 is 2.61 bits per heavy atom. The number of nitrogens with zero attached hydrogens (tertiary/aromatic N) is 4. The molecule has 0 aliphatic carbocycles. The minimum atomic E-state index is -4.49. The maximum Gasteiger partial charge on any atom is 0.416 e. The van der Waals surface area contributed by atoms with E-state index in [9.17, 15) is 21.6 Å². The second-order valence-electron chi connectivity index (χ2n) is 6.38. The lowest BCUT2D eigenvalue weighted by Crippen LogP contribution is -2.47. The van der Waals surface area contributed by atoms with Gasteiger partial charge in [-0.1, -0.05) is 12.1 Å². The SMILES string of the molecule is CN(C)S(=O)(=O)N1CCO[C@@H](c2nccnc2-c2cccc(C(F)(F)F)c2)C1. The van der Waals surface area contributed by atoms with Crippen molar-refractivity contribution in [2.75, 3.05) is 33.8 Å². The van der Waals surface area contributed by atoms with Gasteiger partial charge in [-0.05, 0) is 12.1 Å². The molecule has 0 amide bonds. The van der Waals surface area contributed by atoms with E-state index in [-0.39, 0.29) is 31.0 Å². The van der Waals surface area contributed by atoms with Crippen molar-refractivity contribution < 1.29 is 26.3 Å². The maximum atomic E-state index is 13.1. The Bertz CT molecular complexity index is 951. The van der Waals surface area contributed by atoms with Crippen LogP contribution in [0.15, 0.2) is 36.7 Å². The minimum absolute atomic E-state index is 0.00876. The van der Waals surface area contributed by atoms with Crippen LogP contribution in [0.3, 0.4) is 0 Å². The molecule has 3 rings (SSSR count). The van der Waals surface area contributed by atoms with Crippen LogP contribution in [0.1, 0.15) is 17.4 Å². The van der Waals surface area contributed by atoms with Gasteiger partial charge in [-0.3, -0.25) is 9.97 Å². The highest BCUT2D eigenvalue weighted by molar-refractivity contribution is 7.86. The van der Waals surface area contributed by atoms with Gasteiger partial charge in [0.25, 0.3) is 10.2 Å². The van der Waals surface area contributed by atoms with E-state index in [0.29, 0.717) is 5.69 Å². The van der Waals surface area contributed by atoms with E-state index in [1.807, 2.05) is 0 Å². The summed E-state index contributed by atoms with van der Waals surface area (Å²) < 4.78 is 72.0. The molecule has 1 aromatic carbocycles. The smallest absolute Gasteiger partial charge is 0.369 e. The quantitative estimate of drug-likeness (QED) is 0.765. The van der Waals surface area contributed by atoms with Crippen molar-refractivity contribution in [1.82, 2.24) is 18.6 Å². The molecule has 1 atom stereocenters. The topological polar surface area (TPSA) is 75.6 Å². The van der Waals surface area contributed by atoms with Crippen molar-refractivity contribution in [3.63, 3.8) is 0 Å². The largest absolute Gasteiger partial charge is 0.416 e. The zero-order valence-corrected chi connectivity index (χ0v) is 16.0. The number of morpholine rings is 1. The fourth-order valence-corrected chi connectivity index (χ4v) is 3.97. The molecule has 2 aromatic rings. The number of benzene rings is 1. The van der Waals surface area contributed by atoms with Crippen LogP contribution in [-0.2, 0) is 21.1 Å². The molecule has 7 nitrogen and oxygen atoms in total. The van der Waals surface area contributed by atoms with Gasteiger partial charge in [0.2, 0.25) is 0 Å². The molecule has 0 saturated carbocycles. The molecule has 0 unspecified atom stereocenters. The predicted molar refractivity (Wildman–Crippen MR) is 95.3 cm³/mol. The van der Waals surface area contributed by atoms with Crippen molar-refractivity contribution in [1.29, 1.82) is 0 Å². The highest BCUT2D eigenvalue weighted by atomic mass is 32.2. The van der Waals surface area contributed by atoms with Crippen molar-refractivity contribution in [3.05, 3.63) is 47.9 Å². The van der Waals surface area contributed by atoms with Gasteiger partial charge in [-0.15, -0.1) is 0 Å². The molecule has 11 heteroatoms. The van der Waals surface area contributed by atoms with E-state index >= 15 is 0 Å². The predicted octanol–water partition coefficient (Wildman–Crippen LogP) is 2.34. The molecule has 2 heterocycles. The van der Waals surface area contributed by atoms with Gasteiger partial charge in [-0.2, -0.15) is 30.2 Å². The van der Waals surface area contributed by atoms with Gasteiger partial charge in [0.15, 0.2) is 0 Å². The highest BCUT2D eigenvalue weighted by Crippen LogP contribution is 2.34. The average molecular weight is 416 g/mol. The molecule has 0 spiro atoms. The molecule has 0 radical (unpaired) electrons. The Hall–Kier alpha value is -2.08. The molecule has 1 aliphatic heterocycles. The minimum Gasteiger partial charge on any atom is -0.369 e. The Balaban J connectivity index is 1.97. The van der Waals surface area contributed by atoms with E-state index in [0.717, 1.165) is 16.4 Å². The summed E-state index contributed by atoms with van der Waals surface area (Å²) in [5.41, 5.74) is -0.0553. The number of aromatic nitrogens is 2. The fourth-order valence-electron chi connectivity index (χ4n) is 2.88. The number of halogens is 3. The zero-order valence-electron chi connectivity index (χ0n) is 15.2. The summed E-state index contributed by atoms with van der Waals surface area (Å²) in [7, 11) is -0.801. The number of alkyl halides is 3. The maximum absolute atomic E-state index is 13.1. The molecule has 0 N–H and O–H groups in total. The van der Waals surface area contributed by atoms with Crippen molar-refractivity contribution in [2.24, 2.45) is 0 Å². The Kier molecular flexibility index (Phi) is 5.71. The van der Waals surface area contributed by atoms with Crippen LogP contribution < -0.4 is 0 Å². The average Bonchev–Trinajstić information content (AvgIpc) is 2.67. The van der Waals surface area contributed by atoms with Crippen molar-refractivity contribution in [2.45, 2.75) is 12.3 Å². The molecular weight excluding hydrogens is 397 g/mol. The van der Waals surface area contributed by atoms with Crippen LogP contribution in [0.25, 0.3) is 11.3 Å². The third-order valence-corrected chi connectivity index (χ3v) is 6.22. The summed E-state index contributed by atoms with van der Waals surface area (Å²) in [6.07, 6.45) is -2.47. The molecule has 1 saturated heterocycles. The second-order valence-corrected chi connectivity index (χ2v) is 8.52. The van der Waals surface area contributed by atoms with Crippen molar-refractivity contribution in [3.8, 4) is 11.3 Å². The first-order valence-corrected chi connectivity index (χ1v) is 9.78. The first kappa shape index (κ1) is 20.6. The summed E-state index contributed by atoms with van der Waals surface area (Å²) in [5.74, 6) is 0. The summed E-state index contributed by atoms with van der Waals surface area (Å²) in [5, 5.41) is 0.